The van der Waals surface area contributed by atoms with E-state index in [1.54, 1.807) is 0 Å². The number of rotatable bonds is 4. The van der Waals surface area contributed by atoms with E-state index in [9.17, 15) is 47.0 Å². The van der Waals surface area contributed by atoms with Gasteiger partial charge in [-0.1, -0.05) is 0 Å². The summed E-state index contributed by atoms with van der Waals surface area (Å²) in [6.45, 7) is 0. The molecule has 0 aliphatic rings. The van der Waals surface area contributed by atoms with Crippen LogP contribution in [0.1, 0.15) is 10.4 Å². The number of non-ortho nitro benzene ring substituents is 1. The first-order valence-electron chi connectivity index (χ1n) is 4.81. The quantitative estimate of drug-likeness (QED) is 0.368. The molecule has 1 aromatic carbocycles. The zero-order valence-electron chi connectivity index (χ0n) is 9.56. The third-order valence-electron chi connectivity index (χ3n) is 2.27. The van der Waals surface area contributed by atoms with Crippen LogP contribution in [-0.4, -0.2) is 27.7 Å². The maximum atomic E-state index is 12.9. The van der Waals surface area contributed by atoms with Crippen LogP contribution in [0.2, 0.25) is 0 Å². The third kappa shape index (κ3) is 2.93. The molecular weight excluding hydrogens is 311 g/mol. The number of nitro groups is 2. The van der Waals surface area contributed by atoms with Gasteiger partial charge in [-0.3, -0.25) is 25.0 Å². The molecule has 0 fully saturated rings. The molecule has 0 unspecified atom stereocenters. The minimum Gasteiger partial charge on any atom is -0.287 e. The molecule has 0 saturated heterocycles. The predicted octanol–water partition coefficient (Wildman–Crippen LogP) is 2.88. The Balaban J connectivity index is 3.47. The second kappa shape index (κ2) is 5.03. The molecule has 0 radical (unpaired) electrons. The number of Topliss-reactive ketones (excluding diaryl/α,β-unsaturated/α-hetero) is 1. The first-order chi connectivity index (χ1) is 9.39. The van der Waals surface area contributed by atoms with E-state index >= 15 is 0 Å². The van der Waals surface area contributed by atoms with Crippen molar-refractivity contribution in [3.63, 3.8) is 0 Å². The standard InChI is InChI=1S/C9H3F5N2O5/c10-8(11,9(12,13)14)7(17)5-2-1-4(15(18)19)3-6(5)16(20)21/h1-3H. The van der Waals surface area contributed by atoms with Gasteiger partial charge in [0.05, 0.1) is 15.9 Å². The molecule has 0 amide bonds. The van der Waals surface area contributed by atoms with Gasteiger partial charge in [0.15, 0.2) is 0 Å². The number of nitro benzene ring substituents is 2. The Morgan fingerprint density at radius 2 is 1.52 bits per heavy atom. The van der Waals surface area contributed by atoms with Crippen molar-refractivity contribution in [2.45, 2.75) is 12.1 Å². The molecule has 12 heteroatoms. The van der Waals surface area contributed by atoms with Gasteiger partial charge in [-0.25, -0.2) is 0 Å². The average Bonchev–Trinajstić information content (AvgIpc) is 2.35. The van der Waals surface area contributed by atoms with Crippen LogP contribution in [0.15, 0.2) is 18.2 Å². The molecular formula is C9H3F5N2O5. The van der Waals surface area contributed by atoms with E-state index in [0.717, 1.165) is 0 Å². The van der Waals surface area contributed by atoms with Crippen molar-refractivity contribution in [2.24, 2.45) is 0 Å². The van der Waals surface area contributed by atoms with Gasteiger partial charge < -0.3 is 0 Å². The number of nitrogens with zero attached hydrogens (tertiary/aromatic N) is 2. The van der Waals surface area contributed by atoms with Crippen molar-refractivity contribution in [3.05, 3.63) is 44.0 Å². The van der Waals surface area contributed by atoms with E-state index in [1.807, 2.05) is 0 Å². The van der Waals surface area contributed by atoms with E-state index in [2.05, 4.69) is 0 Å². The smallest absolute Gasteiger partial charge is 0.287 e. The Labute approximate surface area is 111 Å². The number of hydrogen-bond acceptors (Lipinski definition) is 5. The lowest BCUT2D eigenvalue weighted by molar-refractivity contribution is -0.394. The summed E-state index contributed by atoms with van der Waals surface area (Å²) in [4.78, 5) is 29.5. The van der Waals surface area contributed by atoms with Crippen LogP contribution in [0.3, 0.4) is 0 Å². The Hall–Kier alpha value is -2.66. The highest BCUT2D eigenvalue weighted by molar-refractivity contribution is 6.05. The summed E-state index contributed by atoms with van der Waals surface area (Å²) >= 11 is 0. The second-order valence-corrected chi connectivity index (χ2v) is 3.62. The van der Waals surface area contributed by atoms with Crippen LogP contribution in [0.5, 0.6) is 0 Å². The molecule has 21 heavy (non-hydrogen) atoms. The summed E-state index contributed by atoms with van der Waals surface area (Å²) in [5.41, 5.74) is -4.03. The van der Waals surface area contributed by atoms with Gasteiger partial charge in [0.2, 0.25) is 5.78 Å². The van der Waals surface area contributed by atoms with Crippen LogP contribution in [0.25, 0.3) is 0 Å². The zero-order valence-corrected chi connectivity index (χ0v) is 9.56. The van der Waals surface area contributed by atoms with Crippen molar-refractivity contribution in [3.8, 4) is 0 Å². The summed E-state index contributed by atoms with van der Waals surface area (Å²) in [6, 6.07) is 0.713. The molecule has 0 N–H and O–H groups in total. The fourth-order valence-corrected chi connectivity index (χ4v) is 1.27. The van der Waals surface area contributed by atoms with E-state index in [4.69, 9.17) is 0 Å². The fourth-order valence-electron chi connectivity index (χ4n) is 1.27. The largest absolute Gasteiger partial charge is 0.461 e. The summed E-state index contributed by atoms with van der Waals surface area (Å²) in [6.07, 6.45) is -6.25. The zero-order chi connectivity index (χ0) is 16.6. The van der Waals surface area contributed by atoms with Crippen molar-refractivity contribution < 1.29 is 36.6 Å². The van der Waals surface area contributed by atoms with Crippen molar-refractivity contribution in [1.29, 1.82) is 0 Å². The van der Waals surface area contributed by atoms with Crippen LogP contribution in [-0.2, 0) is 0 Å². The highest BCUT2D eigenvalue weighted by Crippen LogP contribution is 2.40. The normalized spacial score (nSPS) is 12.0. The lowest BCUT2D eigenvalue weighted by Gasteiger charge is -2.17. The topological polar surface area (TPSA) is 103 Å². The Morgan fingerprint density at radius 3 is 1.90 bits per heavy atom. The molecule has 114 valence electrons. The molecule has 0 aliphatic carbocycles. The van der Waals surface area contributed by atoms with E-state index in [1.165, 1.54) is 0 Å². The molecule has 7 nitrogen and oxygen atoms in total. The average molecular weight is 314 g/mol. The summed E-state index contributed by atoms with van der Waals surface area (Å²) < 4.78 is 61.9. The van der Waals surface area contributed by atoms with Gasteiger partial charge in [0.25, 0.3) is 11.4 Å². The highest BCUT2D eigenvalue weighted by atomic mass is 19.4. The summed E-state index contributed by atoms with van der Waals surface area (Å²) in [7, 11) is 0. The number of benzene rings is 1. The Bertz CT molecular complexity index is 627. The molecule has 0 saturated carbocycles. The van der Waals surface area contributed by atoms with Gasteiger partial charge in [0, 0.05) is 6.07 Å². The SMILES string of the molecule is O=C(c1ccc([N+](=O)[O-])cc1[N+](=O)[O-])C(F)(F)C(F)(F)F. The van der Waals surface area contributed by atoms with Crippen LogP contribution >= 0.6 is 0 Å². The van der Waals surface area contributed by atoms with Crippen molar-refractivity contribution in [2.75, 3.05) is 0 Å². The number of halogens is 5. The predicted molar refractivity (Wildman–Crippen MR) is 55.1 cm³/mol. The molecule has 1 aromatic rings. The maximum Gasteiger partial charge on any atom is 0.461 e. The lowest BCUT2D eigenvalue weighted by Crippen LogP contribution is -2.44. The monoisotopic (exact) mass is 314 g/mol. The minimum atomic E-state index is -6.25. The summed E-state index contributed by atoms with van der Waals surface area (Å²) in [5.74, 6) is -8.72. The number of alkyl halides is 5. The fraction of sp³-hybridized carbons (Fsp3) is 0.222. The molecule has 1 rings (SSSR count). The maximum absolute atomic E-state index is 12.9. The molecule has 0 atom stereocenters. The van der Waals surface area contributed by atoms with Crippen LogP contribution in [0, 0.1) is 20.2 Å². The number of ketones is 1. The van der Waals surface area contributed by atoms with E-state index in [-0.39, 0.29) is 12.1 Å². The first kappa shape index (κ1) is 16.4. The first-order valence-corrected chi connectivity index (χ1v) is 4.81. The van der Waals surface area contributed by atoms with Gasteiger partial charge in [-0.2, -0.15) is 22.0 Å². The molecule has 0 aliphatic heterocycles. The number of carbonyl (C=O) groups excluding carboxylic acids is 1. The Morgan fingerprint density at radius 1 is 1.00 bits per heavy atom. The Kier molecular flexibility index (Phi) is 3.93. The highest BCUT2D eigenvalue weighted by Gasteiger charge is 2.64. The lowest BCUT2D eigenvalue weighted by atomic mass is 10.0. The van der Waals surface area contributed by atoms with Crippen LogP contribution in [0.4, 0.5) is 33.3 Å². The van der Waals surface area contributed by atoms with Gasteiger partial charge >= 0.3 is 12.1 Å². The summed E-state index contributed by atoms with van der Waals surface area (Å²) in [5, 5.41) is 21.0. The molecule has 0 aromatic heterocycles. The van der Waals surface area contributed by atoms with E-state index < -0.39 is 44.7 Å². The van der Waals surface area contributed by atoms with E-state index in [0.29, 0.717) is 6.07 Å². The van der Waals surface area contributed by atoms with Crippen molar-refractivity contribution >= 4 is 17.2 Å². The molecule has 0 heterocycles. The van der Waals surface area contributed by atoms with Gasteiger partial charge in [-0.05, 0) is 6.07 Å². The van der Waals surface area contributed by atoms with Crippen molar-refractivity contribution in [1.82, 2.24) is 0 Å². The van der Waals surface area contributed by atoms with Gasteiger partial charge in [0.1, 0.15) is 5.56 Å². The second-order valence-electron chi connectivity index (χ2n) is 3.62. The molecule has 0 spiro atoms. The van der Waals surface area contributed by atoms with Crippen LogP contribution < -0.4 is 0 Å². The number of carbonyl (C=O) groups is 1. The molecule has 0 bridgehead atoms. The minimum absolute atomic E-state index is 0.125. The van der Waals surface area contributed by atoms with Gasteiger partial charge in [-0.15, -0.1) is 0 Å². The third-order valence-corrected chi connectivity index (χ3v) is 2.27. The number of hydrogen-bond donors (Lipinski definition) is 0.